The Kier molecular flexibility index (Phi) is 15.1. The second kappa shape index (κ2) is 20.4. The Hall–Kier alpha value is -4.85. The fourth-order valence-corrected chi connectivity index (χ4v) is 9.41. The number of benzene rings is 2. The first-order chi connectivity index (χ1) is 28.4. The number of anilines is 1. The summed E-state index contributed by atoms with van der Waals surface area (Å²) in [4.78, 5) is 74.9. The summed E-state index contributed by atoms with van der Waals surface area (Å²) in [6.45, 7) is 13.1. The van der Waals surface area contributed by atoms with Crippen LogP contribution in [0.4, 0.5) is 15.3 Å². The summed E-state index contributed by atoms with van der Waals surface area (Å²) < 4.78 is 11.6. The van der Waals surface area contributed by atoms with Gasteiger partial charge in [-0.2, -0.15) is 0 Å². The summed E-state index contributed by atoms with van der Waals surface area (Å²) in [5, 5.41) is 13.5. The Morgan fingerprint density at radius 1 is 0.864 bits per heavy atom. The molecule has 5 amide bonds. The minimum atomic E-state index is -1.02. The normalized spacial score (nSPS) is 19.1. The molecule has 0 saturated carbocycles. The number of carbonyl (C=O) groups is 5. The third-order valence-corrected chi connectivity index (χ3v) is 13.0. The van der Waals surface area contributed by atoms with Crippen molar-refractivity contribution in [3.8, 4) is 5.75 Å². The number of likely N-dealkylation sites (tertiary alicyclic amines) is 3. The third kappa shape index (κ3) is 11.3. The maximum atomic E-state index is 14.2. The van der Waals surface area contributed by atoms with Crippen LogP contribution in [0.3, 0.4) is 0 Å². The van der Waals surface area contributed by atoms with Gasteiger partial charge in [-0.05, 0) is 119 Å². The molecule has 2 aromatic carbocycles. The largest absolute Gasteiger partial charge is 0.507 e. The summed E-state index contributed by atoms with van der Waals surface area (Å²) in [6, 6.07) is 11.4. The number of hydrogen-bond donors (Lipinski definition) is 2. The number of aromatic hydroxyl groups is 1. The average molecular weight is 817 g/mol. The molecule has 322 valence electrons. The number of urea groups is 1. The minimum Gasteiger partial charge on any atom is -0.507 e. The Labute approximate surface area is 349 Å². The highest BCUT2D eigenvalue weighted by Gasteiger charge is 2.37. The molecule has 2 N–H and O–H groups in total. The molecule has 0 radical (unpaired) electrons. The summed E-state index contributed by atoms with van der Waals surface area (Å²) in [7, 11) is 0. The molecule has 14 heteroatoms. The van der Waals surface area contributed by atoms with Crippen molar-refractivity contribution in [1.29, 1.82) is 0 Å². The Bertz CT molecular complexity index is 1770. The lowest BCUT2D eigenvalue weighted by molar-refractivity contribution is -0.147. The maximum Gasteiger partial charge on any atom is 0.410 e. The summed E-state index contributed by atoms with van der Waals surface area (Å²) in [5.74, 6) is 0.778. The molecule has 14 nitrogen and oxygen atoms in total. The number of phenols is 1. The first-order valence-corrected chi connectivity index (χ1v) is 21.8. The molecule has 0 bridgehead atoms. The molecular weight excluding hydrogens is 753 g/mol. The molecule has 3 fully saturated rings. The number of ether oxygens (including phenoxy) is 2. The van der Waals surface area contributed by atoms with Crippen LogP contribution < -0.4 is 5.32 Å². The van der Waals surface area contributed by atoms with Crippen LogP contribution in [-0.2, 0) is 36.7 Å². The van der Waals surface area contributed by atoms with Gasteiger partial charge in [0.1, 0.15) is 12.4 Å². The zero-order chi connectivity index (χ0) is 42.1. The van der Waals surface area contributed by atoms with E-state index in [1.807, 2.05) is 73.9 Å². The summed E-state index contributed by atoms with van der Waals surface area (Å²) >= 11 is 0. The number of esters is 1. The number of para-hydroxylation sites is 1. The van der Waals surface area contributed by atoms with Gasteiger partial charge in [-0.1, -0.05) is 37.3 Å². The van der Waals surface area contributed by atoms with Crippen molar-refractivity contribution < 1.29 is 38.6 Å². The first-order valence-electron chi connectivity index (χ1n) is 21.8. The Morgan fingerprint density at radius 3 is 2.14 bits per heavy atom. The van der Waals surface area contributed by atoms with Crippen molar-refractivity contribution in [2.24, 2.45) is 11.8 Å². The van der Waals surface area contributed by atoms with E-state index in [0.29, 0.717) is 88.0 Å². The van der Waals surface area contributed by atoms with Crippen molar-refractivity contribution >= 4 is 35.6 Å². The van der Waals surface area contributed by atoms with E-state index >= 15 is 0 Å². The second-order valence-electron chi connectivity index (χ2n) is 16.7. The van der Waals surface area contributed by atoms with Crippen LogP contribution in [0.1, 0.15) is 81.0 Å². The van der Waals surface area contributed by atoms with Crippen LogP contribution in [0.2, 0.25) is 0 Å². The molecule has 4 heterocycles. The number of amides is 5. The van der Waals surface area contributed by atoms with Gasteiger partial charge >= 0.3 is 18.1 Å². The zero-order valence-corrected chi connectivity index (χ0v) is 35.5. The molecule has 0 unspecified atom stereocenters. The standard InChI is InChI=1S/C45H64N6O8/c1-5-40(52)48(6-2)25-26-58-41(53)30-47-18-11-34(12-19-47)35-13-20-49(21-14-35)43(55)39(29-33-27-31(3)42(54)32(4)28-33)59-45(57)50-22-16-37(17-23-50)51-24-15-36-9-7-8-10-38(36)46-44(51)56/h7-10,27-28,34-35,37,39,54H,5-6,11-26,29-30H2,1-4H3,(H,46,56)/t39-/m1/s1. The Morgan fingerprint density at radius 2 is 1.49 bits per heavy atom. The van der Waals surface area contributed by atoms with Gasteiger partial charge in [0.2, 0.25) is 5.91 Å². The number of nitrogens with one attached hydrogen (secondary N) is 1. The van der Waals surface area contributed by atoms with E-state index in [1.165, 1.54) is 0 Å². The van der Waals surface area contributed by atoms with Crippen molar-refractivity contribution in [1.82, 2.24) is 24.5 Å². The molecule has 1 atom stereocenters. The van der Waals surface area contributed by atoms with Gasteiger partial charge in [0, 0.05) is 63.8 Å². The molecule has 4 aliphatic rings. The molecule has 0 aliphatic carbocycles. The molecule has 0 aromatic heterocycles. The van der Waals surface area contributed by atoms with Gasteiger partial charge in [-0.15, -0.1) is 0 Å². The topological polar surface area (TPSA) is 152 Å². The minimum absolute atomic E-state index is 0.00906. The van der Waals surface area contributed by atoms with Crippen molar-refractivity contribution in [2.45, 2.75) is 97.6 Å². The van der Waals surface area contributed by atoms with Crippen LogP contribution in [0.25, 0.3) is 0 Å². The number of rotatable bonds is 13. The van der Waals surface area contributed by atoms with Crippen LogP contribution in [0.5, 0.6) is 5.75 Å². The average Bonchev–Trinajstić information content (AvgIpc) is 3.41. The molecule has 2 aromatic rings. The highest BCUT2D eigenvalue weighted by molar-refractivity contribution is 5.91. The molecular formula is C45H64N6O8. The van der Waals surface area contributed by atoms with Gasteiger partial charge in [-0.25, -0.2) is 9.59 Å². The van der Waals surface area contributed by atoms with E-state index in [-0.39, 0.29) is 55.2 Å². The SMILES string of the molecule is CCC(=O)N(CC)CCOC(=O)CN1CCC(C2CCN(C(=O)[C@@H](Cc3cc(C)c(O)c(C)c3)OC(=O)N3CCC(N4CCc5ccccc5NC4=O)CC3)CC2)CC1. The summed E-state index contributed by atoms with van der Waals surface area (Å²) in [6.07, 6.45) is 4.77. The predicted molar refractivity (Wildman–Crippen MR) is 224 cm³/mol. The van der Waals surface area contributed by atoms with Crippen molar-refractivity contribution in [3.63, 3.8) is 0 Å². The fraction of sp³-hybridized carbons (Fsp3) is 0.622. The molecule has 3 saturated heterocycles. The van der Waals surface area contributed by atoms with Crippen LogP contribution >= 0.6 is 0 Å². The van der Waals surface area contributed by atoms with E-state index in [9.17, 15) is 29.1 Å². The number of fused-ring (bicyclic) bond motifs is 1. The highest BCUT2D eigenvalue weighted by Crippen LogP contribution is 2.33. The lowest BCUT2D eigenvalue weighted by Gasteiger charge is -2.41. The van der Waals surface area contributed by atoms with Gasteiger partial charge in [-0.3, -0.25) is 19.3 Å². The molecule has 0 spiro atoms. The van der Waals surface area contributed by atoms with E-state index in [4.69, 9.17) is 9.47 Å². The van der Waals surface area contributed by atoms with Gasteiger partial charge in [0.05, 0.1) is 13.1 Å². The lowest BCUT2D eigenvalue weighted by Crippen LogP contribution is -2.52. The number of aryl methyl sites for hydroxylation is 2. The van der Waals surface area contributed by atoms with Crippen LogP contribution in [0.15, 0.2) is 36.4 Å². The first kappa shape index (κ1) is 43.7. The smallest absolute Gasteiger partial charge is 0.410 e. The number of carbonyl (C=O) groups excluding carboxylic acids is 5. The van der Waals surface area contributed by atoms with Crippen LogP contribution in [0, 0.1) is 25.7 Å². The van der Waals surface area contributed by atoms with Gasteiger partial charge in [0.15, 0.2) is 6.10 Å². The number of phenolic OH excluding ortho intramolecular Hbond substituents is 1. The quantitative estimate of drug-likeness (QED) is 0.255. The number of nitrogens with zero attached hydrogens (tertiary/aromatic N) is 5. The van der Waals surface area contributed by atoms with E-state index in [1.54, 1.807) is 9.80 Å². The van der Waals surface area contributed by atoms with E-state index < -0.39 is 12.2 Å². The van der Waals surface area contributed by atoms with Crippen molar-refractivity contribution in [3.05, 3.63) is 58.7 Å². The lowest BCUT2D eigenvalue weighted by atomic mass is 9.78. The summed E-state index contributed by atoms with van der Waals surface area (Å²) in [5.41, 5.74) is 4.17. The third-order valence-electron chi connectivity index (χ3n) is 13.0. The van der Waals surface area contributed by atoms with E-state index in [0.717, 1.165) is 62.0 Å². The maximum absolute atomic E-state index is 14.2. The number of hydrogen-bond acceptors (Lipinski definition) is 9. The molecule has 6 rings (SSSR count). The molecule has 59 heavy (non-hydrogen) atoms. The van der Waals surface area contributed by atoms with Crippen LogP contribution in [-0.4, -0.2) is 144 Å². The number of piperidine rings is 3. The molecule has 4 aliphatic heterocycles. The predicted octanol–water partition coefficient (Wildman–Crippen LogP) is 5.36. The zero-order valence-electron chi connectivity index (χ0n) is 35.5. The van der Waals surface area contributed by atoms with Crippen molar-refractivity contribution in [2.75, 3.05) is 77.4 Å². The second-order valence-corrected chi connectivity index (χ2v) is 16.7. The Balaban J connectivity index is 0.990. The number of likely N-dealkylation sites (N-methyl/N-ethyl adjacent to an activating group) is 1. The fourth-order valence-electron chi connectivity index (χ4n) is 9.41. The highest BCUT2D eigenvalue weighted by atomic mass is 16.6. The van der Waals surface area contributed by atoms with Gasteiger partial charge < -0.3 is 39.5 Å². The monoisotopic (exact) mass is 816 g/mol. The van der Waals surface area contributed by atoms with E-state index in [2.05, 4.69) is 10.2 Å². The van der Waals surface area contributed by atoms with Gasteiger partial charge in [0.25, 0.3) is 5.91 Å².